The predicted octanol–water partition coefficient (Wildman–Crippen LogP) is 4.57. The molecule has 0 radical (unpaired) electrons. The third-order valence-corrected chi connectivity index (χ3v) is 4.94. The van der Waals surface area contributed by atoms with Crippen LogP contribution >= 0.6 is 27.7 Å². The second-order valence-electron chi connectivity index (χ2n) is 5.18. The number of carbonyl (C=O) groups excluding carboxylic acids is 1. The molecule has 0 heterocycles. The Morgan fingerprint density at radius 3 is 2.43 bits per heavy atom. The average molecular weight is 394 g/mol. The summed E-state index contributed by atoms with van der Waals surface area (Å²) in [4.78, 5) is 12.0. The van der Waals surface area contributed by atoms with Gasteiger partial charge in [-0.15, -0.1) is 11.8 Å². The molecule has 2 rings (SSSR count). The summed E-state index contributed by atoms with van der Waals surface area (Å²) in [7, 11) is 1.64. The summed E-state index contributed by atoms with van der Waals surface area (Å²) in [5, 5.41) is 3.02. The number of thioether (sulfide) groups is 1. The van der Waals surface area contributed by atoms with Gasteiger partial charge in [-0.05, 0) is 42.3 Å². The van der Waals surface area contributed by atoms with Gasteiger partial charge in [0.2, 0.25) is 5.91 Å². The Balaban J connectivity index is 1.76. The molecule has 3 nitrogen and oxygen atoms in total. The molecule has 0 saturated heterocycles. The van der Waals surface area contributed by atoms with Crippen molar-refractivity contribution >= 4 is 33.6 Å². The fourth-order valence-corrected chi connectivity index (χ4v) is 3.16. The van der Waals surface area contributed by atoms with Crippen molar-refractivity contribution in [1.82, 2.24) is 5.32 Å². The number of benzene rings is 2. The molecule has 5 heteroatoms. The van der Waals surface area contributed by atoms with Gasteiger partial charge >= 0.3 is 0 Å². The minimum absolute atomic E-state index is 0.0123. The van der Waals surface area contributed by atoms with Crippen LogP contribution in [0.4, 0.5) is 0 Å². The first-order chi connectivity index (χ1) is 11.1. The normalized spacial score (nSPS) is 11.8. The maximum absolute atomic E-state index is 12.0. The number of ether oxygens (including phenoxy) is 1. The lowest BCUT2D eigenvalue weighted by atomic mass is 10.1. The molecule has 0 saturated carbocycles. The molecule has 1 amide bonds. The molecule has 1 atom stereocenters. The minimum Gasteiger partial charge on any atom is -0.497 e. The van der Waals surface area contributed by atoms with Crippen molar-refractivity contribution in [2.24, 2.45) is 0 Å². The fourth-order valence-electron chi connectivity index (χ4n) is 2.10. The molecular formula is C18H20BrNO2S. The van der Waals surface area contributed by atoms with Gasteiger partial charge in [0.1, 0.15) is 5.75 Å². The first kappa shape index (κ1) is 17.9. The van der Waals surface area contributed by atoms with Crippen LogP contribution in [0.3, 0.4) is 0 Å². The molecule has 0 aromatic heterocycles. The third-order valence-electron chi connectivity index (χ3n) is 3.41. The van der Waals surface area contributed by atoms with Crippen LogP contribution in [-0.4, -0.2) is 18.8 Å². The Bertz CT molecular complexity index is 628. The first-order valence-corrected chi connectivity index (χ1v) is 9.29. The van der Waals surface area contributed by atoms with E-state index in [0.29, 0.717) is 5.75 Å². The summed E-state index contributed by atoms with van der Waals surface area (Å²) in [6, 6.07) is 15.9. The van der Waals surface area contributed by atoms with Crippen LogP contribution in [0.5, 0.6) is 5.75 Å². The molecule has 0 aliphatic heterocycles. The van der Waals surface area contributed by atoms with Crippen molar-refractivity contribution in [2.45, 2.75) is 18.7 Å². The lowest BCUT2D eigenvalue weighted by Gasteiger charge is -2.14. The molecular weight excluding hydrogens is 374 g/mol. The smallest absolute Gasteiger partial charge is 0.230 e. The highest BCUT2D eigenvalue weighted by Gasteiger charge is 2.09. The highest BCUT2D eigenvalue weighted by molar-refractivity contribution is 9.10. The van der Waals surface area contributed by atoms with E-state index in [1.165, 1.54) is 5.56 Å². The number of hydrogen-bond donors (Lipinski definition) is 1. The van der Waals surface area contributed by atoms with Gasteiger partial charge < -0.3 is 10.1 Å². The van der Waals surface area contributed by atoms with Gasteiger partial charge in [-0.3, -0.25) is 4.79 Å². The number of carbonyl (C=O) groups is 1. The molecule has 0 fully saturated rings. The lowest BCUT2D eigenvalue weighted by molar-refractivity contribution is -0.119. The Labute approximate surface area is 149 Å². The molecule has 0 aliphatic carbocycles. The van der Waals surface area contributed by atoms with E-state index in [2.05, 4.69) is 33.4 Å². The minimum atomic E-state index is -0.0123. The van der Waals surface area contributed by atoms with E-state index in [4.69, 9.17) is 4.74 Å². The number of hydrogen-bond acceptors (Lipinski definition) is 3. The van der Waals surface area contributed by atoms with Gasteiger partial charge in [-0.2, -0.15) is 0 Å². The number of methoxy groups -OCH3 is 1. The SMILES string of the molecule is COc1ccc([C@H](C)NC(=O)CSCc2ccc(Br)cc2)cc1. The highest BCUT2D eigenvalue weighted by Crippen LogP contribution is 2.18. The number of nitrogens with one attached hydrogen (secondary N) is 1. The van der Waals surface area contributed by atoms with E-state index in [0.717, 1.165) is 21.5 Å². The van der Waals surface area contributed by atoms with E-state index in [1.807, 2.05) is 43.3 Å². The molecule has 1 N–H and O–H groups in total. The van der Waals surface area contributed by atoms with Crippen molar-refractivity contribution in [3.8, 4) is 5.75 Å². The number of halogens is 1. The van der Waals surface area contributed by atoms with Gasteiger partial charge in [0, 0.05) is 10.2 Å². The molecule has 0 aliphatic rings. The van der Waals surface area contributed by atoms with E-state index >= 15 is 0 Å². The maximum Gasteiger partial charge on any atom is 0.230 e. The van der Waals surface area contributed by atoms with Crippen LogP contribution in [-0.2, 0) is 10.5 Å². The van der Waals surface area contributed by atoms with Crippen molar-refractivity contribution in [2.75, 3.05) is 12.9 Å². The highest BCUT2D eigenvalue weighted by atomic mass is 79.9. The van der Waals surface area contributed by atoms with Gasteiger partial charge in [-0.1, -0.05) is 40.2 Å². The standard InChI is InChI=1S/C18H20BrNO2S/c1-13(15-5-9-17(22-2)10-6-15)20-18(21)12-23-11-14-3-7-16(19)8-4-14/h3-10,13H,11-12H2,1-2H3,(H,20,21)/t13-/m0/s1. The van der Waals surface area contributed by atoms with Gasteiger partial charge in [0.25, 0.3) is 0 Å². The zero-order chi connectivity index (χ0) is 16.7. The van der Waals surface area contributed by atoms with Gasteiger partial charge in [-0.25, -0.2) is 0 Å². The Morgan fingerprint density at radius 1 is 1.17 bits per heavy atom. The predicted molar refractivity (Wildman–Crippen MR) is 99.9 cm³/mol. The van der Waals surface area contributed by atoms with Crippen LogP contribution in [0, 0.1) is 0 Å². The van der Waals surface area contributed by atoms with Crippen molar-refractivity contribution < 1.29 is 9.53 Å². The van der Waals surface area contributed by atoms with Crippen LogP contribution in [0.2, 0.25) is 0 Å². The van der Waals surface area contributed by atoms with Crippen LogP contribution in [0.25, 0.3) is 0 Å². The second-order valence-corrected chi connectivity index (χ2v) is 7.08. The molecule has 0 bridgehead atoms. The fraction of sp³-hybridized carbons (Fsp3) is 0.278. The second kappa shape index (κ2) is 8.99. The Kier molecular flexibility index (Phi) is 6.99. The topological polar surface area (TPSA) is 38.3 Å². The monoisotopic (exact) mass is 393 g/mol. The van der Waals surface area contributed by atoms with E-state index in [-0.39, 0.29) is 11.9 Å². The largest absolute Gasteiger partial charge is 0.497 e. The van der Waals surface area contributed by atoms with E-state index < -0.39 is 0 Å². The van der Waals surface area contributed by atoms with Crippen LogP contribution in [0.15, 0.2) is 53.0 Å². The molecule has 2 aromatic carbocycles. The van der Waals surface area contributed by atoms with Gasteiger partial charge in [0.05, 0.1) is 18.9 Å². The third kappa shape index (κ3) is 5.92. The molecule has 2 aromatic rings. The van der Waals surface area contributed by atoms with Crippen molar-refractivity contribution in [3.05, 3.63) is 64.1 Å². The molecule has 0 spiro atoms. The van der Waals surface area contributed by atoms with E-state index in [1.54, 1.807) is 18.9 Å². The Morgan fingerprint density at radius 2 is 1.83 bits per heavy atom. The summed E-state index contributed by atoms with van der Waals surface area (Å²) >= 11 is 5.03. The average Bonchev–Trinajstić information content (AvgIpc) is 2.56. The zero-order valence-corrected chi connectivity index (χ0v) is 15.6. The van der Waals surface area contributed by atoms with Gasteiger partial charge in [0.15, 0.2) is 0 Å². The summed E-state index contributed by atoms with van der Waals surface area (Å²) in [6.45, 7) is 1.99. The Hall–Kier alpha value is -1.46. The van der Waals surface area contributed by atoms with Crippen LogP contribution < -0.4 is 10.1 Å². The maximum atomic E-state index is 12.0. The summed E-state index contributed by atoms with van der Waals surface area (Å²) in [6.07, 6.45) is 0. The molecule has 23 heavy (non-hydrogen) atoms. The summed E-state index contributed by atoms with van der Waals surface area (Å²) in [5.74, 6) is 2.15. The summed E-state index contributed by atoms with van der Waals surface area (Å²) in [5.41, 5.74) is 2.28. The molecule has 122 valence electrons. The number of amides is 1. The van der Waals surface area contributed by atoms with E-state index in [9.17, 15) is 4.79 Å². The zero-order valence-electron chi connectivity index (χ0n) is 13.2. The quantitative estimate of drug-likeness (QED) is 0.748. The van der Waals surface area contributed by atoms with Crippen molar-refractivity contribution in [3.63, 3.8) is 0 Å². The van der Waals surface area contributed by atoms with Crippen molar-refractivity contribution in [1.29, 1.82) is 0 Å². The van der Waals surface area contributed by atoms with Crippen LogP contribution in [0.1, 0.15) is 24.1 Å². The lowest BCUT2D eigenvalue weighted by Crippen LogP contribution is -2.28. The number of rotatable bonds is 7. The first-order valence-electron chi connectivity index (χ1n) is 7.34. The summed E-state index contributed by atoms with van der Waals surface area (Å²) < 4.78 is 6.21. The molecule has 0 unspecified atom stereocenters.